The lowest BCUT2D eigenvalue weighted by atomic mass is 10.2. The summed E-state index contributed by atoms with van der Waals surface area (Å²) in [6, 6.07) is 8.37. The highest BCUT2D eigenvalue weighted by Crippen LogP contribution is 2.15. The average molecular weight is 519 g/mol. The minimum atomic E-state index is 0. The van der Waals surface area contributed by atoms with Gasteiger partial charge in [-0.2, -0.15) is 0 Å². The molecule has 1 aliphatic heterocycles. The van der Waals surface area contributed by atoms with Gasteiger partial charge < -0.3 is 14.8 Å². The quantitative estimate of drug-likeness (QED) is 0.375. The second-order valence-corrected chi connectivity index (χ2v) is 6.86. The first-order valence-electron chi connectivity index (χ1n) is 8.32. The molecule has 6 nitrogen and oxygen atoms in total. The van der Waals surface area contributed by atoms with E-state index in [0.29, 0.717) is 6.54 Å². The average Bonchev–Trinajstić information content (AvgIpc) is 3.17. The van der Waals surface area contributed by atoms with E-state index in [1.807, 2.05) is 0 Å². The molecule has 0 saturated carbocycles. The Morgan fingerprint density at radius 2 is 2.08 bits per heavy atom. The van der Waals surface area contributed by atoms with Crippen LogP contribution in [0.1, 0.15) is 30.6 Å². The van der Waals surface area contributed by atoms with Crippen molar-refractivity contribution in [3.05, 3.63) is 46.0 Å². The van der Waals surface area contributed by atoms with Gasteiger partial charge in [-0.25, -0.2) is 4.99 Å². The number of fused-ring (bicyclic) bond motifs is 1. The highest BCUT2D eigenvalue weighted by atomic mass is 127. The van der Waals surface area contributed by atoms with Gasteiger partial charge in [0.2, 0.25) is 0 Å². The van der Waals surface area contributed by atoms with Crippen molar-refractivity contribution in [2.45, 2.75) is 39.4 Å². The summed E-state index contributed by atoms with van der Waals surface area (Å²) in [6.45, 7) is 5.29. The number of aromatic nitrogens is 3. The van der Waals surface area contributed by atoms with Crippen LogP contribution in [0.4, 0.5) is 0 Å². The second-order valence-electron chi connectivity index (χ2n) is 5.94. The molecule has 0 spiro atoms. The smallest absolute Gasteiger partial charge is 0.194 e. The number of aryl methyl sites for hydroxylation is 1. The molecule has 3 rings (SSSR count). The van der Waals surface area contributed by atoms with Gasteiger partial charge in [0, 0.05) is 37.6 Å². The summed E-state index contributed by atoms with van der Waals surface area (Å²) in [6.07, 6.45) is 2.19. The Bertz CT molecular complexity index is 712. The number of benzene rings is 1. The van der Waals surface area contributed by atoms with E-state index in [9.17, 15) is 0 Å². The van der Waals surface area contributed by atoms with E-state index < -0.39 is 0 Å². The summed E-state index contributed by atoms with van der Waals surface area (Å²) >= 11 is 3.47. The van der Waals surface area contributed by atoms with Crippen LogP contribution in [-0.4, -0.2) is 39.2 Å². The molecule has 2 aromatic rings. The van der Waals surface area contributed by atoms with E-state index in [4.69, 9.17) is 4.99 Å². The van der Waals surface area contributed by atoms with Gasteiger partial charge in [-0.3, -0.25) is 0 Å². The molecular formula is C17H24BrIN6. The first-order valence-corrected chi connectivity index (χ1v) is 9.11. The van der Waals surface area contributed by atoms with Crippen molar-refractivity contribution in [1.29, 1.82) is 0 Å². The molecule has 0 aliphatic carbocycles. The van der Waals surface area contributed by atoms with Crippen molar-refractivity contribution in [1.82, 2.24) is 25.0 Å². The predicted octanol–water partition coefficient (Wildman–Crippen LogP) is 3.20. The Balaban J connectivity index is 0.00000225. The molecule has 136 valence electrons. The molecule has 0 radical (unpaired) electrons. The fourth-order valence-electron chi connectivity index (χ4n) is 2.88. The highest BCUT2D eigenvalue weighted by molar-refractivity contribution is 14.0. The van der Waals surface area contributed by atoms with Crippen LogP contribution in [0.3, 0.4) is 0 Å². The lowest BCUT2D eigenvalue weighted by Gasteiger charge is -2.22. The molecule has 2 heterocycles. The van der Waals surface area contributed by atoms with Gasteiger partial charge in [0.1, 0.15) is 12.4 Å². The van der Waals surface area contributed by atoms with Crippen molar-refractivity contribution in [2.24, 2.45) is 4.99 Å². The molecule has 1 aromatic heterocycles. The van der Waals surface area contributed by atoms with Gasteiger partial charge in [0.05, 0.1) is 0 Å². The molecule has 0 unspecified atom stereocenters. The van der Waals surface area contributed by atoms with Crippen molar-refractivity contribution >= 4 is 45.9 Å². The Morgan fingerprint density at radius 3 is 2.80 bits per heavy atom. The maximum atomic E-state index is 4.75. The number of guanidine groups is 1. The maximum Gasteiger partial charge on any atom is 0.194 e. The van der Waals surface area contributed by atoms with Crippen LogP contribution in [0.2, 0.25) is 0 Å². The molecule has 0 atom stereocenters. The zero-order chi connectivity index (χ0) is 16.9. The third-order valence-electron chi connectivity index (χ3n) is 4.09. The number of hydrogen-bond acceptors (Lipinski definition) is 3. The van der Waals surface area contributed by atoms with E-state index in [1.165, 1.54) is 5.56 Å². The monoisotopic (exact) mass is 518 g/mol. The fourth-order valence-corrected chi connectivity index (χ4v) is 3.15. The zero-order valence-electron chi connectivity index (χ0n) is 14.6. The summed E-state index contributed by atoms with van der Waals surface area (Å²) in [5.74, 6) is 2.93. The number of rotatable bonds is 5. The Labute approximate surface area is 174 Å². The largest absolute Gasteiger partial charge is 0.357 e. The molecule has 0 saturated heterocycles. The molecule has 0 fully saturated rings. The third kappa shape index (κ3) is 5.16. The molecule has 0 bridgehead atoms. The number of nitrogens with one attached hydrogen (secondary N) is 1. The summed E-state index contributed by atoms with van der Waals surface area (Å²) in [4.78, 5) is 6.88. The van der Waals surface area contributed by atoms with Crippen molar-refractivity contribution in [3.63, 3.8) is 0 Å². The van der Waals surface area contributed by atoms with Crippen LogP contribution in [-0.2, 0) is 26.1 Å². The van der Waals surface area contributed by atoms with Crippen molar-refractivity contribution < 1.29 is 0 Å². The summed E-state index contributed by atoms with van der Waals surface area (Å²) < 4.78 is 3.29. The molecule has 8 heteroatoms. The maximum absolute atomic E-state index is 4.75. The van der Waals surface area contributed by atoms with Crippen LogP contribution < -0.4 is 5.32 Å². The van der Waals surface area contributed by atoms with Gasteiger partial charge >= 0.3 is 0 Å². The molecule has 0 amide bonds. The highest BCUT2D eigenvalue weighted by Gasteiger charge is 2.17. The Hall–Kier alpha value is -1.16. The number of hydrogen-bond donors (Lipinski definition) is 1. The lowest BCUT2D eigenvalue weighted by molar-refractivity contribution is 0.476. The molecular weight excluding hydrogens is 495 g/mol. The number of aliphatic imine (C=N–C) groups is 1. The van der Waals surface area contributed by atoms with Crippen LogP contribution in [0, 0.1) is 0 Å². The minimum Gasteiger partial charge on any atom is -0.357 e. The SMILES string of the molecule is CCNC(=NCc1nnc2n1CCC2)N(C)Cc1ccc(Br)cc1.I. The minimum absolute atomic E-state index is 0. The van der Waals surface area contributed by atoms with Crippen LogP contribution in [0.5, 0.6) is 0 Å². The van der Waals surface area contributed by atoms with Crippen LogP contribution in [0.25, 0.3) is 0 Å². The first kappa shape index (κ1) is 20.2. The van der Waals surface area contributed by atoms with Gasteiger partial charge in [0.15, 0.2) is 11.8 Å². The zero-order valence-corrected chi connectivity index (χ0v) is 18.5. The van der Waals surface area contributed by atoms with Crippen molar-refractivity contribution in [2.75, 3.05) is 13.6 Å². The normalized spacial score (nSPS) is 13.3. The summed E-state index contributed by atoms with van der Waals surface area (Å²) in [7, 11) is 2.05. The standard InChI is InChI=1S/C17H23BrN6.HI/c1-3-19-17(23(2)12-13-6-8-14(18)9-7-13)20-11-16-22-21-15-5-4-10-24(15)16;/h6-9H,3-5,10-12H2,1-2H3,(H,19,20);1H. The fraction of sp³-hybridized carbons (Fsp3) is 0.471. The van der Waals surface area contributed by atoms with E-state index in [0.717, 1.165) is 54.6 Å². The molecule has 1 aromatic carbocycles. The van der Waals surface area contributed by atoms with Gasteiger partial charge in [0.25, 0.3) is 0 Å². The van der Waals surface area contributed by atoms with Crippen LogP contribution >= 0.6 is 39.9 Å². The number of halogens is 2. The first-order chi connectivity index (χ1) is 11.7. The van der Waals surface area contributed by atoms with Gasteiger partial charge in [-0.05, 0) is 31.0 Å². The van der Waals surface area contributed by atoms with E-state index in [-0.39, 0.29) is 24.0 Å². The molecule has 1 aliphatic rings. The molecule has 1 N–H and O–H groups in total. The molecule has 25 heavy (non-hydrogen) atoms. The van der Waals surface area contributed by atoms with E-state index in [1.54, 1.807) is 0 Å². The Kier molecular flexibility index (Phi) is 7.67. The summed E-state index contributed by atoms with van der Waals surface area (Å²) in [5, 5.41) is 11.9. The Morgan fingerprint density at radius 1 is 1.32 bits per heavy atom. The van der Waals surface area contributed by atoms with Crippen LogP contribution in [0.15, 0.2) is 33.7 Å². The van der Waals surface area contributed by atoms with E-state index >= 15 is 0 Å². The predicted molar refractivity (Wildman–Crippen MR) is 114 cm³/mol. The lowest BCUT2D eigenvalue weighted by Crippen LogP contribution is -2.38. The third-order valence-corrected chi connectivity index (χ3v) is 4.61. The van der Waals surface area contributed by atoms with Gasteiger partial charge in [-0.15, -0.1) is 34.2 Å². The second kappa shape index (κ2) is 9.51. The van der Waals surface area contributed by atoms with Gasteiger partial charge in [-0.1, -0.05) is 28.1 Å². The summed E-state index contributed by atoms with van der Waals surface area (Å²) in [5.41, 5.74) is 1.25. The number of nitrogens with zero attached hydrogens (tertiary/aromatic N) is 5. The topological polar surface area (TPSA) is 58.3 Å². The van der Waals surface area contributed by atoms with E-state index in [2.05, 4.69) is 79.1 Å². The van der Waals surface area contributed by atoms with Crippen molar-refractivity contribution in [3.8, 4) is 0 Å².